The summed E-state index contributed by atoms with van der Waals surface area (Å²) in [6.07, 6.45) is 0. The lowest BCUT2D eigenvalue weighted by molar-refractivity contribution is -0.385. The molecule has 4 rings (SSSR count). The van der Waals surface area contributed by atoms with E-state index in [0.717, 1.165) is 5.56 Å². The standard InChI is InChI=1S/C24H20N4O4S/c1-15(16-7-3-2-4-8-16)27-23(30)19-9-5-6-10-20(19)26-24(27)33-14-18-12-11-17(22(25)29)13-21(18)28(31)32/h2-13,15H,14H2,1H3,(H2,25,29). The van der Waals surface area contributed by atoms with Gasteiger partial charge in [-0.25, -0.2) is 4.98 Å². The van der Waals surface area contributed by atoms with Crippen LogP contribution in [0.2, 0.25) is 0 Å². The maximum absolute atomic E-state index is 13.4. The number of amides is 1. The number of para-hydroxylation sites is 1. The Morgan fingerprint density at radius 2 is 1.82 bits per heavy atom. The summed E-state index contributed by atoms with van der Waals surface area (Å²) in [6, 6.07) is 20.5. The van der Waals surface area contributed by atoms with Gasteiger partial charge in [-0.2, -0.15) is 0 Å². The molecule has 0 fully saturated rings. The molecule has 0 aliphatic rings. The molecular formula is C24H20N4O4S. The van der Waals surface area contributed by atoms with Gasteiger partial charge in [0.1, 0.15) is 0 Å². The normalized spacial score (nSPS) is 11.9. The number of fused-ring (bicyclic) bond motifs is 1. The third-order valence-electron chi connectivity index (χ3n) is 5.37. The quantitative estimate of drug-likeness (QED) is 0.190. The number of aromatic nitrogens is 2. The van der Waals surface area contributed by atoms with Crippen LogP contribution < -0.4 is 11.3 Å². The summed E-state index contributed by atoms with van der Waals surface area (Å²) in [4.78, 5) is 40.6. The first-order chi connectivity index (χ1) is 15.9. The van der Waals surface area contributed by atoms with Gasteiger partial charge >= 0.3 is 0 Å². The Labute approximate surface area is 193 Å². The fraction of sp³-hybridized carbons (Fsp3) is 0.125. The number of rotatable bonds is 7. The van der Waals surface area contributed by atoms with Gasteiger partial charge in [0.2, 0.25) is 5.91 Å². The first-order valence-corrected chi connectivity index (χ1v) is 11.1. The minimum atomic E-state index is -0.737. The van der Waals surface area contributed by atoms with Crippen molar-refractivity contribution >= 4 is 34.3 Å². The van der Waals surface area contributed by atoms with E-state index in [1.807, 2.05) is 43.3 Å². The number of hydrogen-bond donors (Lipinski definition) is 1. The molecule has 0 bridgehead atoms. The third kappa shape index (κ3) is 4.49. The van der Waals surface area contributed by atoms with Crippen molar-refractivity contribution in [2.45, 2.75) is 23.9 Å². The fourth-order valence-corrected chi connectivity index (χ4v) is 4.67. The Hall–Kier alpha value is -3.98. The molecule has 8 nitrogen and oxygen atoms in total. The Morgan fingerprint density at radius 3 is 2.52 bits per heavy atom. The predicted molar refractivity (Wildman–Crippen MR) is 127 cm³/mol. The van der Waals surface area contributed by atoms with Gasteiger partial charge in [-0.15, -0.1) is 0 Å². The van der Waals surface area contributed by atoms with Gasteiger partial charge in [0.15, 0.2) is 5.16 Å². The molecule has 0 saturated heterocycles. The average Bonchev–Trinajstić information content (AvgIpc) is 2.82. The van der Waals surface area contributed by atoms with Crippen molar-refractivity contribution in [1.29, 1.82) is 0 Å². The van der Waals surface area contributed by atoms with Gasteiger partial charge in [-0.3, -0.25) is 24.3 Å². The van der Waals surface area contributed by atoms with E-state index in [1.165, 1.54) is 30.0 Å². The van der Waals surface area contributed by atoms with Crippen LogP contribution in [0.15, 0.2) is 82.7 Å². The molecule has 0 radical (unpaired) electrons. The van der Waals surface area contributed by atoms with Crippen molar-refractivity contribution in [2.75, 3.05) is 0 Å². The van der Waals surface area contributed by atoms with E-state index >= 15 is 0 Å². The molecule has 0 spiro atoms. The largest absolute Gasteiger partial charge is 0.366 e. The van der Waals surface area contributed by atoms with Gasteiger partial charge < -0.3 is 5.73 Å². The Kier molecular flexibility index (Phi) is 6.23. The molecule has 9 heteroatoms. The van der Waals surface area contributed by atoms with Crippen LogP contribution in [0, 0.1) is 10.1 Å². The van der Waals surface area contributed by atoms with Gasteiger partial charge in [0.25, 0.3) is 11.2 Å². The highest BCUT2D eigenvalue weighted by Gasteiger charge is 2.21. The highest BCUT2D eigenvalue weighted by molar-refractivity contribution is 7.98. The molecule has 1 atom stereocenters. The lowest BCUT2D eigenvalue weighted by Gasteiger charge is -2.20. The van der Waals surface area contributed by atoms with E-state index in [9.17, 15) is 19.7 Å². The molecule has 1 unspecified atom stereocenters. The van der Waals surface area contributed by atoms with Crippen molar-refractivity contribution in [1.82, 2.24) is 9.55 Å². The van der Waals surface area contributed by atoms with Crippen LogP contribution in [0.4, 0.5) is 5.69 Å². The molecule has 0 saturated carbocycles. The predicted octanol–water partition coefficient (Wildman–Crippen LogP) is 4.31. The van der Waals surface area contributed by atoms with E-state index in [4.69, 9.17) is 10.7 Å². The minimum Gasteiger partial charge on any atom is -0.366 e. The molecule has 3 aromatic carbocycles. The molecule has 1 heterocycles. The van der Waals surface area contributed by atoms with Crippen molar-refractivity contribution < 1.29 is 9.72 Å². The first kappa shape index (κ1) is 22.2. The molecule has 1 aromatic heterocycles. The number of nitro benzene ring substituents is 1. The number of primary amides is 1. The first-order valence-electron chi connectivity index (χ1n) is 10.1. The van der Waals surface area contributed by atoms with Gasteiger partial charge in [0.05, 0.1) is 21.9 Å². The van der Waals surface area contributed by atoms with Crippen LogP contribution in [0.1, 0.15) is 34.5 Å². The topological polar surface area (TPSA) is 121 Å². The van der Waals surface area contributed by atoms with Gasteiger partial charge in [-0.1, -0.05) is 60.3 Å². The van der Waals surface area contributed by atoms with Crippen LogP contribution in [-0.2, 0) is 5.75 Å². The Bertz CT molecular complexity index is 1420. The summed E-state index contributed by atoms with van der Waals surface area (Å²) in [5, 5.41) is 12.5. The summed E-state index contributed by atoms with van der Waals surface area (Å²) in [5.74, 6) is -0.555. The third-order valence-corrected chi connectivity index (χ3v) is 6.37. The van der Waals surface area contributed by atoms with Crippen LogP contribution in [0.25, 0.3) is 10.9 Å². The number of carbonyl (C=O) groups is 1. The molecule has 4 aromatic rings. The number of benzene rings is 3. The van der Waals surface area contributed by atoms with E-state index in [-0.39, 0.29) is 28.6 Å². The maximum atomic E-state index is 13.4. The van der Waals surface area contributed by atoms with Crippen LogP contribution in [0.5, 0.6) is 0 Å². The highest BCUT2D eigenvalue weighted by Crippen LogP contribution is 2.30. The molecule has 166 valence electrons. The van der Waals surface area contributed by atoms with Gasteiger partial charge in [-0.05, 0) is 30.7 Å². The molecule has 33 heavy (non-hydrogen) atoms. The van der Waals surface area contributed by atoms with Crippen molar-refractivity contribution in [3.8, 4) is 0 Å². The van der Waals surface area contributed by atoms with Crippen LogP contribution in [0.3, 0.4) is 0 Å². The summed E-state index contributed by atoms with van der Waals surface area (Å²) in [6.45, 7) is 1.92. The second kappa shape index (κ2) is 9.25. The van der Waals surface area contributed by atoms with Gasteiger partial charge in [0, 0.05) is 22.9 Å². The number of thioether (sulfide) groups is 1. The van der Waals surface area contributed by atoms with Crippen molar-refractivity contribution in [3.05, 3.63) is 110 Å². The fourth-order valence-electron chi connectivity index (χ4n) is 3.60. The Morgan fingerprint density at radius 1 is 1.12 bits per heavy atom. The highest BCUT2D eigenvalue weighted by atomic mass is 32.2. The van der Waals surface area contributed by atoms with E-state index < -0.39 is 10.8 Å². The molecular weight excluding hydrogens is 440 g/mol. The molecule has 1 amide bonds. The zero-order chi connectivity index (χ0) is 23.5. The summed E-state index contributed by atoms with van der Waals surface area (Å²) < 4.78 is 1.62. The summed E-state index contributed by atoms with van der Waals surface area (Å²) >= 11 is 1.23. The average molecular weight is 461 g/mol. The smallest absolute Gasteiger partial charge is 0.274 e. The summed E-state index contributed by atoms with van der Waals surface area (Å²) in [5.41, 5.74) is 6.83. The van der Waals surface area contributed by atoms with Crippen molar-refractivity contribution in [3.63, 3.8) is 0 Å². The number of hydrogen-bond acceptors (Lipinski definition) is 6. The van der Waals surface area contributed by atoms with Crippen LogP contribution >= 0.6 is 11.8 Å². The van der Waals surface area contributed by atoms with E-state index in [1.54, 1.807) is 22.8 Å². The second-order valence-electron chi connectivity index (χ2n) is 7.43. The van der Waals surface area contributed by atoms with E-state index in [2.05, 4.69) is 0 Å². The number of nitro groups is 1. The lowest BCUT2D eigenvalue weighted by Crippen LogP contribution is -2.27. The molecule has 0 aliphatic carbocycles. The number of nitrogens with two attached hydrogens (primary N) is 1. The zero-order valence-electron chi connectivity index (χ0n) is 17.7. The number of carbonyl (C=O) groups excluding carboxylic acids is 1. The summed E-state index contributed by atoms with van der Waals surface area (Å²) in [7, 11) is 0. The minimum absolute atomic E-state index is 0.0638. The Balaban J connectivity index is 1.79. The monoisotopic (exact) mass is 460 g/mol. The SMILES string of the molecule is CC(c1ccccc1)n1c(SCc2ccc(C(N)=O)cc2[N+](=O)[O-])nc2ccccc2c1=O. The van der Waals surface area contributed by atoms with Crippen LogP contribution in [-0.4, -0.2) is 20.4 Å². The van der Waals surface area contributed by atoms with E-state index in [0.29, 0.717) is 21.6 Å². The lowest BCUT2D eigenvalue weighted by atomic mass is 10.1. The second-order valence-corrected chi connectivity index (χ2v) is 8.37. The maximum Gasteiger partial charge on any atom is 0.274 e. The number of nitrogens with zero attached hydrogens (tertiary/aromatic N) is 3. The zero-order valence-corrected chi connectivity index (χ0v) is 18.5. The van der Waals surface area contributed by atoms with Crippen molar-refractivity contribution in [2.24, 2.45) is 5.73 Å². The molecule has 2 N–H and O–H groups in total. The molecule has 0 aliphatic heterocycles.